The van der Waals surface area contributed by atoms with Gasteiger partial charge in [0.2, 0.25) is 0 Å². The highest BCUT2D eigenvalue weighted by atomic mass is 14.6. The maximum Gasteiger partial charge on any atom is -0.0229 e. The quantitative estimate of drug-likeness (QED) is 0.416. The maximum atomic E-state index is 2.74. The van der Waals surface area contributed by atoms with Crippen LogP contribution in [0, 0.1) is 52.3 Å². The van der Waals surface area contributed by atoms with Gasteiger partial charge in [-0.05, 0) is 111 Å². The van der Waals surface area contributed by atoms with Crippen LogP contribution in [0.1, 0.15) is 112 Å². The van der Waals surface area contributed by atoms with Crippen molar-refractivity contribution in [3.05, 3.63) is 11.6 Å². The first-order chi connectivity index (χ1) is 13.3. The number of hydrogen-bond donors (Lipinski definition) is 0. The zero-order valence-electron chi connectivity index (χ0n) is 19.9. The summed E-state index contributed by atoms with van der Waals surface area (Å²) >= 11 is 0. The van der Waals surface area contributed by atoms with E-state index in [9.17, 15) is 0 Å². The van der Waals surface area contributed by atoms with Crippen LogP contribution in [-0.2, 0) is 0 Å². The maximum absolute atomic E-state index is 2.74. The van der Waals surface area contributed by atoms with Crippen LogP contribution in [0.15, 0.2) is 11.6 Å². The van der Waals surface area contributed by atoms with Gasteiger partial charge >= 0.3 is 0 Å². The van der Waals surface area contributed by atoms with Gasteiger partial charge in [-0.3, -0.25) is 0 Å². The summed E-state index contributed by atoms with van der Waals surface area (Å²) in [7, 11) is 0. The molecule has 0 amide bonds. The van der Waals surface area contributed by atoms with E-state index in [1.807, 2.05) is 0 Å². The molecule has 0 aromatic heterocycles. The Hall–Kier alpha value is -0.260. The van der Waals surface area contributed by atoms with E-state index in [0.717, 1.165) is 41.4 Å². The molecule has 160 valence electrons. The van der Waals surface area contributed by atoms with Gasteiger partial charge in [-0.1, -0.05) is 65.5 Å². The fraction of sp³-hybridized carbons (Fsp3) is 0.929. The average Bonchev–Trinajstić information content (AvgIpc) is 2.99. The fourth-order valence-electron chi connectivity index (χ4n) is 9.08. The van der Waals surface area contributed by atoms with E-state index in [-0.39, 0.29) is 0 Å². The topological polar surface area (TPSA) is 0 Å². The summed E-state index contributed by atoms with van der Waals surface area (Å²) in [4.78, 5) is 0. The lowest BCUT2D eigenvalue weighted by molar-refractivity contribution is -0.102. The lowest BCUT2D eigenvalue weighted by atomic mass is 9.45. The minimum atomic E-state index is 0.616. The summed E-state index contributed by atoms with van der Waals surface area (Å²) < 4.78 is 0. The Morgan fingerprint density at radius 1 is 0.929 bits per heavy atom. The number of fused-ring (bicyclic) bond motifs is 5. The van der Waals surface area contributed by atoms with Gasteiger partial charge in [0, 0.05) is 0 Å². The Labute approximate surface area is 176 Å². The van der Waals surface area contributed by atoms with Crippen molar-refractivity contribution in [2.45, 2.75) is 112 Å². The molecule has 0 aromatic rings. The van der Waals surface area contributed by atoms with Crippen LogP contribution in [0.2, 0.25) is 0 Å². The molecular formula is C28H48. The van der Waals surface area contributed by atoms with Crippen LogP contribution in [0.5, 0.6) is 0 Å². The molecule has 0 radical (unpaired) electrons. The van der Waals surface area contributed by atoms with Crippen LogP contribution in [0.4, 0.5) is 0 Å². The number of rotatable bonds is 5. The van der Waals surface area contributed by atoms with E-state index < -0.39 is 0 Å². The van der Waals surface area contributed by atoms with Crippen molar-refractivity contribution in [3.8, 4) is 0 Å². The molecule has 0 spiro atoms. The van der Waals surface area contributed by atoms with Crippen molar-refractivity contribution >= 4 is 0 Å². The molecule has 0 aromatic carbocycles. The smallest absolute Gasteiger partial charge is 0.0229 e. The average molecular weight is 385 g/mol. The molecule has 3 saturated carbocycles. The van der Waals surface area contributed by atoms with Crippen LogP contribution < -0.4 is 0 Å². The van der Waals surface area contributed by atoms with E-state index >= 15 is 0 Å². The standard InChI is InChI=1S/C28H48/c1-19(2)8-7-9-21(4)24-12-13-25-23-11-10-22-18-20(3)14-16-27(22,5)26(23)15-17-28(24,25)6/h14,19,21-26H,7-13,15-18H2,1-6H3/t21-,22?,23+,24-,25+,26+,27+,28-/m1/s1. The van der Waals surface area contributed by atoms with E-state index in [2.05, 4.69) is 47.6 Å². The lowest BCUT2D eigenvalue weighted by Crippen LogP contribution is -2.52. The Balaban J connectivity index is 1.48. The van der Waals surface area contributed by atoms with Gasteiger partial charge in [-0.2, -0.15) is 0 Å². The molecule has 8 atom stereocenters. The van der Waals surface area contributed by atoms with Crippen molar-refractivity contribution in [1.29, 1.82) is 0 Å². The van der Waals surface area contributed by atoms with E-state index in [1.54, 1.807) is 18.4 Å². The van der Waals surface area contributed by atoms with Crippen LogP contribution in [-0.4, -0.2) is 0 Å². The zero-order valence-corrected chi connectivity index (χ0v) is 19.9. The third-order valence-electron chi connectivity index (χ3n) is 10.7. The highest BCUT2D eigenvalue weighted by Gasteiger charge is 2.59. The zero-order chi connectivity index (χ0) is 20.1. The van der Waals surface area contributed by atoms with Crippen molar-refractivity contribution in [1.82, 2.24) is 0 Å². The van der Waals surface area contributed by atoms with E-state index in [1.165, 1.54) is 57.8 Å². The van der Waals surface area contributed by atoms with Gasteiger partial charge in [-0.25, -0.2) is 0 Å². The van der Waals surface area contributed by atoms with Crippen molar-refractivity contribution in [2.75, 3.05) is 0 Å². The first kappa shape index (κ1) is 21.0. The molecule has 0 heteroatoms. The Morgan fingerprint density at radius 2 is 1.68 bits per heavy atom. The third kappa shape index (κ3) is 3.43. The first-order valence-corrected chi connectivity index (χ1v) is 12.9. The molecule has 4 rings (SSSR count). The summed E-state index contributed by atoms with van der Waals surface area (Å²) in [5, 5.41) is 0. The lowest BCUT2D eigenvalue weighted by Gasteiger charge is -2.60. The Bertz CT molecular complexity index is 585. The summed E-state index contributed by atoms with van der Waals surface area (Å²) in [6.45, 7) is 15.2. The molecule has 0 nitrogen and oxygen atoms in total. The summed E-state index contributed by atoms with van der Waals surface area (Å²) in [6, 6.07) is 0. The molecule has 0 N–H and O–H groups in total. The van der Waals surface area contributed by atoms with E-state index in [4.69, 9.17) is 0 Å². The van der Waals surface area contributed by atoms with Gasteiger partial charge in [0.25, 0.3) is 0 Å². The highest BCUT2D eigenvalue weighted by Crippen LogP contribution is 2.68. The van der Waals surface area contributed by atoms with Gasteiger partial charge in [0.05, 0.1) is 0 Å². The normalized spacial score (nSPS) is 46.5. The SMILES string of the molecule is CC1=CC[C@@]2(C)C(CC[C@H]3[C@@H]4CC[C@H]([C@H](C)CCCC(C)C)[C@@]4(C)CC[C@@H]32)C1. The first-order valence-electron chi connectivity index (χ1n) is 12.9. The summed E-state index contributed by atoms with van der Waals surface area (Å²) in [5.74, 6) is 6.90. The second kappa shape index (κ2) is 7.77. The number of hydrogen-bond acceptors (Lipinski definition) is 0. The molecule has 4 aliphatic rings. The predicted octanol–water partition coefficient (Wildman–Crippen LogP) is 8.66. The molecule has 0 saturated heterocycles. The van der Waals surface area contributed by atoms with Crippen molar-refractivity contribution in [2.24, 2.45) is 52.3 Å². The van der Waals surface area contributed by atoms with Gasteiger partial charge in [-0.15, -0.1) is 0 Å². The predicted molar refractivity (Wildman–Crippen MR) is 122 cm³/mol. The fourth-order valence-corrected chi connectivity index (χ4v) is 9.08. The second-order valence-corrected chi connectivity index (χ2v) is 12.6. The minimum absolute atomic E-state index is 0.616. The van der Waals surface area contributed by atoms with Gasteiger partial charge in [0.15, 0.2) is 0 Å². The van der Waals surface area contributed by atoms with Crippen molar-refractivity contribution in [3.63, 3.8) is 0 Å². The Morgan fingerprint density at radius 3 is 2.43 bits per heavy atom. The molecule has 0 aliphatic heterocycles. The van der Waals surface area contributed by atoms with Gasteiger partial charge < -0.3 is 0 Å². The molecule has 0 bridgehead atoms. The third-order valence-corrected chi connectivity index (χ3v) is 10.7. The van der Waals surface area contributed by atoms with Crippen LogP contribution >= 0.6 is 0 Å². The Kier molecular flexibility index (Phi) is 5.83. The number of allylic oxidation sites excluding steroid dienone is 2. The molecule has 0 heterocycles. The van der Waals surface area contributed by atoms with Gasteiger partial charge in [0.1, 0.15) is 0 Å². The largest absolute Gasteiger partial charge is 0.0850 e. The minimum Gasteiger partial charge on any atom is -0.0850 e. The molecule has 4 aliphatic carbocycles. The van der Waals surface area contributed by atoms with E-state index in [0.29, 0.717) is 10.8 Å². The van der Waals surface area contributed by atoms with Crippen LogP contribution in [0.25, 0.3) is 0 Å². The molecule has 3 fully saturated rings. The van der Waals surface area contributed by atoms with Crippen LogP contribution in [0.3, 0.4) is 0 Å². The summed E-state index contributed by atoms with van der Waals surface area (Å²) in [5.41, 5.74) is 2.95. The highest BCUT2D eigenvalue weighted by molar-refractivity contribution is 5.15. The second-order valence-electron chi connectivity index (χ2n) is 12.6. The molecular weight excluding hydrogens is 336 g/mol. The molecule has 28 heavy (non-hydrogen) atoms. The monoisotopic (exact) mass is 384 g/mol. The van der Waals surface area contributed by atoms with Crippen molar-refractivity contribution < 1.29 is 0 Å². The summed E-state index contributed by atoms with van der Waals surface area (Å²) in [6.07, 6.45) is 19.0. The molecule has 1 unspecified atom stereocenters.